The molecule has 0 amide bonds. The molecule has 2 rings (SSSR count). The molecule has 0 unspecified atom stereocenters. The molecule has 118 valence electrons. The quantitative estimate of drug-likeness (QED) is 0.821. The summed E-state index contributed by atoms with van der Waals surface area (Å²) in [6, 6.07) is 14.9. The highest BCUT2D eigenvalue weighted by Gasteiger charge is 2.18. The van der Waals surface area contributed by atoms with Crippen LogP contribution < -0.4 is 9.64 Å². The van der Waals surface area contributed by atoms with Gasteiger partial charge in [-0.1, -0.05) is 31.2 Å². The third-order valence-electron chi connectivity index (χ3n) is 3.57. The van der Waals surface area contributed by atoms with E-state index in [2.05, 4.69) is 0 Å². The maximum absolute atomic E-state index is 12.2. The summed E-state index contributed by atoms with van der Waals surface area (Å²) in [5.41, 5.74) is 1.81. The van der Waals surface area contributed by atoms with Crippen LogP contribution >= 0.6 is 0 Å². The number of sulfone groups is 1. The standard InChI is InChI=1S/C17H21NO3S/c1-4-22(19,20)17-8-6-5-7-16(17)18(2)13-14-9-11-15(21-3)12-10-14/h5-12H,4,13H2,1-3H3. The van der Waals surface area contributed by atoms with E-state index >= 15 is 0 Å². The minimum absolute atomic E-state index is 0.0976. The van der Waals surface area contributed by atoms with Gasteiger partial charge in [0.1, 0.15) is 5.75 Å². The largest absolute Gasteiger partial charge is 0.497 e. The molecule has 0 bridgehead atoms. The zero-order chi connectivity index (χ0) is 16.2. The van der Waals surface area contributed by atoms with Crippen LogP contribution in [0.5, 0.6) is 5.75 Å². The Hall–Kier alpha value is -2.01. The fourth-order valence-electron chi connectivity index (χ4n) is 2.28. The van der Waals surface area contributed by atoms with Crippen LogP contribution in [0.2, 0.25) is 0 Å². The SMILES string of the molecule is CCS(=O)(=O)c1ccccc1N(C)Cc1ccc(OC)cc1. The Labute approximate surface area is 132 Å². The number of anilines is 1. The van der Waals surface area contributed by atoms with E-state index in [1.807, 2.05) is 48.3 Å². The molecule has 0 aliphatic rings. The van der Waals surface area contributed by atoms with Crippen molar-refractivity contribution in [2.45, 2.75) is 18.4 Å². The summed E-state index contributed by atoms with van der Waals surface area (Å²) < 4.78 is 29.6. The molecule has 0 heterocycles. The van der Waals surface area contributed by atoms with Gasteiger partial charge in [-0.25, -0.2) is 8.42 Å². The van der Waals surface area contributed by atoms with E-state index in [-0.39, 0.29) is 5.75 Å². The van der Waals surface area contributed by atoms with Crippen LogP contribution in [0.1, 0.15) is 12.5 Å². The monoisotopic (exact) mass is 319 g/mol. The molecule has 2 aromatic rings. The molecular formula is C17H21NO3S. The Kier molecular flexibility index (Phi) is 5.08. The van der Waals surface area contributed by atoms with Gasteiger partial charge in [-0.15, -0.1) is 0 Å². The van der Waals surface area contributed by atoms with E-state index in [1.54, 1.807) is 26.2 Å². The van der Waals surface area contributed by atoms with Gasteiger partial charge in [-0.2, -0.15) is 0 Å². The van der Waals surface area contributed by atoms with Crippen LogP contribution in [-0.4, -0.2) is 28.3 Å². The summed E-state index contributed by atoms with van der Waals surface area (Å²) >= 11 is 0. The predicted octanol–water partition coefficient (Wildman–Crippen LogP) is 3.13. The van der Waals surface area contributed by atoms with Crippen LogP contribution in [0, 0.1) is 0 Å². The first kappa shape index (κ1) is 16.4. The van der Waals surface area contributed by atoms with Crippen LogP contribution in [0.3, 0.4) is 0 Å². The summed E-state index contributed by atoms with van der Waals surface area (Å²) in [7, 11) is 0.291. The lowest BCUT2D eigenvalue weighted by atomic mass is 10.2. The van der Waals surface area contributed by atoms with Gasteiger partial charge in [-0.3, -0.25) is 0 Å². The maximum atomic E-state index is 12.2. The molecule has 0 fully saturated rings. The Morgan fingerprint density at radius 3 is 2.27 bits per heavy atom. The molecule has 0 aliphatic heterocycles. The van der Waals surface area contributed by atoms with Gasteiger partial charge in [-0.05, 0) is 29.8 Å². The van der Waals surface area contributed by atoms with Gasteiger partial charge in [0.05, 0.1) is 23.4 Å². The van der Waals surface area contributed by atoms with Gasteiger partial charge >= 0.3 is 0 Å². The molecule has 5 heteroatoms. The third kappa shape index (κ3) is 3.60. The zero-order valence-electron chi connectivity index (χ0n) is 13.1. The minimum atomic E-state index is -3.24. The average molecular weight is 319 g/mol. The Morgan fingerprint density at radius 1 is 1.05 bits per heavy atom. The van der Waals surface area contributed by atoms with Crippen molar-refractivity contribution in [2.24, 2.45) is 0 Å². The number of ether oxygens (including phenoxy) is 1. The van der Waals surface area contributed by atoms with Crippen molar-refractivity contribution in [3.8, 4) is 5.75 Å². The Morgan fingerprint density at radius 2 is 1.68 bits per heavy atom. The fraction of sp³-hybridized carbons (Fsp3) is 0.294. The zero-order valence-corrected chi connectivity index (χ0v) is 13.9. The molecule has 0 saturated carbocycles. The number of hydrogen-bond acceptors (Lipinski definition) is 4. The van der Waals surface area contributed by atoms with Gasteiger partial charge in [0.2, 0.25) is 0 Å². The molecule has 0 saturated heterocycles. The normalized spacial score (nSPS) is 11.2. The number of methoxy groups -OCH3 is 1. The first-order chi connectivity index (χ1) is 10.5. The van der Waals surface area contributed by atoms with E-state index in [4.69, 9.17) is 4.74 Å². The fourth-order valence-corrected chi connectivity index (χ4v) is 3.42. The highest BCUT2D eigenvalue weighted by Crippen LogP contribution is 2.26. The van der Waals surface area contributed by atoms with Gasteiger partial charge < -0.3 is 9.64 Å². The molecular weight excluding hydrogens is 298 g/mol. The molecule has 0 aromatic heterocycles. The second-order valence-electron chi connectivity index (χ2n) is 5.08. The van der Waals surface area contributed by atoms with E-state index in [9.17, 15) is 8.42 Å². The number of rotatable bonds is 6. The minimum Gasteiger partial charge on any atom is -0.497 e. The topological polar surface area (TPSA) is 46.6 Å². The third-order valence-corrected chi connectivity index (χ3v) is 5.35. The van der Waals surface area contributed by atoms with E-state index in [0.717, 1.165) is 17.0 Å². The van der Waals surface area contributed by atoms with Crippen molar-refractivity contribution in [1.82, 2.24) is 0 Å². The predicted molar refractivity (Wildman–Crippen MR) is 89.3 cm³/mol. The summed E-state index contributed by atoms with van der Waals surface area (Å²) in [6.45, 7) is 2.29. The van der Waals surface area contributed by atoms with E-state index < -0.39 is 9.84 Å². The van der Waals surface area contributed by atoms with Gasteiger partial charge in [0.25, 0.3) is 0 Å². The summed E-state index contributed by atoms with van der Waals surface area (Å²) in [4.78, 5) is 2.33. The van der Waals surface area contributed by atoms with Gasteiger partial charge in [0.15, 0.2) is 9.84 Å². The highest BCUT2D eigenvalue weighted by molar-refractivity contribution is 7.91. The van der Waals surface area contributed by atoms with Crippen molar-refractivity contribution in [3.05, 3.63) is 54.1 Å². The lowest BCUT2D eigenvalue weighted by Gasteiger charge is -2.22. The first-order valence-electron chi connectivity index (χ1n) is 7.13. The van der Waals surface area contributed by atoms with Crippen molar-refractivity contribution in [1.29, 1.82) is 0 Å². The number of benzene rings is 2. The molecule has 4 nitrogen and oxygen atoms in total. The lowest BCUT2D eigenvalue weighted by molar-refractivity contribution is 0.414. The molecule has 2 aromatic carbocycles. The Bertz CT molecular complexity index is 724. The van der Waals surface area contributed by atoms with E-state index in [1.165, 1.54) is 0 Å². The van der Waals surface area contributed by atoms with Crippen molar-refractivity contribution in [2.75, 3.05) is 24.8 Å². The molecule has 0 N–H and O–H groups in total. The molecule has 22 heavy (non-hydrogen) atoms. The summed E-state index contributed by atoms with van der Waals surface area (Å²) in [5, 5.41) is 0. The van der Waals surface area contributed by atoms with E-state index in [0.29, 0.717) is 11.4 Å². The molecule has 0 aliphatic carbocycles. The number of hydrogen-bond donors (Lipinski definition) is 0. The second kappa shape index (κ2) is 6.83. The second-order valence-corrected chi connectivity index (χ2v) is 7.32. The van der Waals surface area contributed by atoms with Crippen molar-refractivity contribution in [3.63, 3.8) is 0 Å². The smallest absolute Gasteiger partial charge is 0.180 e. The number of nitrogens with zero attached hydrogens (tertiary/aromatic N) is 1. The highest BCUT2D eigenvalue weighted by atomic mass is 32.2. The van der Waals surface area contributed by atoms with Crippen molar-refractivity contribution >= 4 is 15.5 Å². The summed E-state index contributed by atoms with van der Waals surface area (Å²) in [6.07, 6.45) is 0. The van der Waals surface area contributed by atoms with Crippen molar-refractivity contribution < 1.29 is 13.2 Å². The maximum Gasteiger partial charge on any atom is 0.180 e. The molecule has 0 atom stereocenters. The number of para-hydroxylation sites is 1. The van der Waals surface area contributed by atoms with Crippen LogP contribution in [0.4, 0.5) is 5.69 Å². The Balaban J connectivity index is 2.28. The molecule has 0 radical (unpaired) electrons. The lowest BCUT2D eigenvalue weighted by Crippen LogP contribution is -2.19. The van der Waals surface area contributed by atoms with Crippen LogP contribution in [0.25, 0.3) is 0 Å². The van der Waals surface area contributed by atoms with Crippen LogP contribution in [0.15, 0.2) is 53.4 Å². The first-order valence-corrected chi connectivity index (χ1v) is 8.79. The summed E-state index contributed by atoms with van der Waals surface area (Å²) in [5.74, 6) is 0.904. The molecule has 0 spiro atoms. The van der Waals surface area contributed by atoms with Crippen LogP contribution in [-0.2, 0) is 16.4 Å². The average Bonchev–Trinajstić information content (AvgIpc) is 2.55. The van der Waals surface area contributed by atoms with Gasteiger partial charge in [0, 0.05) is 13.6 Å².